The van der Waals surface area contributed by atoms with Crippen molar-refractivity contribution in [3.8, 4) is 23.0 Å². The quantitative estimate of drug-likeness (QED) is 0.634. The van der Waals surface area contributed by atoms with Crippen molar-refractivity contribution in [2.75, 3.05) is 48.1 Å². The minimum atomic E-state index is -0.460. The van der Waals surface area contributed by atoms with Crippen LogP contribution in [0, 0.1) is 5.82 Å². The summed E-state index contributed by atoms with van der Waals surface area (Å²) in [4.78, 5) is 26.1. The van der Waals surface area contributed by atoms with Crippen molar-refractivity contribution >= 4 is 11.8 Å². The van der Waals surface area contributed by atoms with Crippen molar-refractivity contribution in [1.82, 2.24) is 10.2 Å². The number of ether oxygens (including phenoxy) is 4. The van der Waals surface area contributed by atoms with Crippen molar-refractivity contribution in [3.63, 3.8) is 0 Å². The highest BCUT2D eigenvalue weighted by Crippen LogP contribution is 2.38. The van der Waals surface area contributed by atoms with E-state index in [1.54, 1.807) is 7.05 Å². The van der Waals surface area contributed by atoms with Gasteiger partial charge >= 0.3 is 0 Å². The zero-order valence-corrected chi connectivity index (χ0v) is 17.4. The third-order valence-corrected chi connectivity index (χ3v) is 4.26. The Hall–Kier alpha value is -3.49. The van der Waals surface area contributed by atoms with Crippen LogP contribution in [0.3, 0.4) is 0 Å². The topological polar surface area (TPSA) is 86.3 Å². The Kier molecular flexibility index (Phi) is 8.28. The molecule has 2 aromatic carbocycles. The molecule has 0 heterocycles. The summed E-state index contributed by atoms with van der Waals surface area (Å²) in [5.74, 6) is 0.447. The Bertz CT molecular complexity index is 847. The van der Waals surface area contributed by atoms with Crippen molar-refractivity contribution in [2.45, 2.75) is 0 Å². The average molecular weight is 420 g/mol. The first kappa shape index (κ1) is 22.8. The van der Waals surface area contributed by atoms with Crippen molar-refractivity contribution < 1.29 is 32.9 Å². The van der Waals surface area contributed by atoms with Gasteiger partial charge in [-0.1, -0.05) is 0 Å². The van der Waals surface area contributed by atoms with Crippen molar-refractivity contribution in [2.24, 2.45) is 0 Å². The second-order valence-electron chi connectivity index (χ2n) is 6.21. The maximum absolute atomic E-state index is 12.9. The zero-order valence-electron chi connectivity index (χ0n) is 17.4. The van der Waals surface area contributed by atoms with E-state index in [1.165, 1.54) is 62.6 Å². The number of methoxy groups -OCH3 is 3. The summed E-state index contributed by atoms with van der Waals surface area (Å²) in [6.07, 6.45) is 0. The maximum atomic E-state index is 12.9. The molecule has 0 aliphatic heterocycles. The molecule has 1 N–H and O–H groups in total. The second-order valence-corrected chi connectivity index (χ2v) is 6.21. The van der Waals surface area contributed by atoms with E-state index in [0.29, 0.717) is 29.5 Å². The highest BCUT2D eigenvalue weighted by molar-refractivity contribution is 5.97. The zero-order chi connectivity index (χ0) is 22.1. The molecular formula is C21H25FN2O6. The van der Waals surface area contributed by atoms with Gasteiger partial charge in [0.25, 0.3) is 5.91 Å². The summed E-state index contributed by atoms with van der Waals surface area (Å²) < 4.78 is 34.0. The number of hydrogen-bond acceptors (Lipinski definition) is 6. The molecule has 2 amide bonds. The van der Waals surface area contributed by atoms with Gasteiger partial charge in [0, 0.05) is 12.6 Å². The van der Waals surface area contributed by atoms with Crippen LogP contribution in [0.1, 0.15) is 10.4 Å². The highest BCUT2D eigenvalue weighted by atomic mass is 19.1. The third-order valence-electron chi connectivity index (χ3n) is 4.26. The molecule has 0 aliphatic rings. The summed E-state index contributed by atoms with van der Waals surface area (Å²) in [7, 11) is 5.97. The molecule has 0 saturated carbocycles. The van der Waals surface area contributed by atoms with Gasteiger partial charge in [-0.2, -0.15) is 0 Å². The van der Waals surface area contributed by atoms with E-state index in [0.717, 1.165) is 0 Å². The number of carbonyl (C=O) groups is 2. The highest BCUT2D eigenvalue weighted by Gasteiger charge is 2.18. The first-order valence-electron chi connectivity index (χ1n) is 9.10. The fourth-order valence-corrected chi connectivity index (χ4v) is 2.56. The van der Waals surface area contributed by atoms with E-state index >= 15 is 0 Å². The molecule has 0 aromatic heterocycles. The SMILES string of the molecule is COc1cc(C(=O)NCC(=O)N(C)CCOc2ccc(F)cc2)cc(OC)c1OC. The van der Waals surface area contributed by atoms with Crippen LogP contribution in [0.2, 0.25) is 0 Å². The summed E-state index contributed by atoms with van der Waals surface area (Å²) in [5, 5.41) is 2.57. The molecule has 0 aliphatic carbocycles. The second kappa shape index (κ2) is 10.9. The van der Waals surface area contributed by atoms with Crippen LogP contribution >= 0.6 is 0 Å². The minimum Gasteiger partial charge on any atom is -0.493 e. The van der Waals surface area contributed by atoms with Crippen LogP contribution in [-0.4, -0.2) is 64.8 Å². The first-order chi connectivity index (χ1) is 14.4. The first-order valence-corrected chi connectivity index (χ1v) is 9.10. The number of amides is 2. The molecule has 0 radical (unpaired) electrons. The number of nitrogens with one attached hydrogen (secondary N) is 1. The lowest BCUT2D eigenvalue weighted by Crippen LogP contribution is -2.39. The van der Waals surface area contributed by atoms with Gasteiger partial charge in [-0.15, -0.1) is 0 Å². The van der Waals surface area contributed by atoms with E-state index in [2.05, 4.69) is 5.32 Å². The monoisotopic (exact) mass is 420 g/mol. The molecule has 0 unspecified atom stereocenters. The third kappa shape index (κ3) is 6.00. The normalized spacial score (nSPS) is 10.2. The molecule has 0 fully saturated rings. The Labute approximate surface area is 174 Å². The molecule has 2 rings (SSSR count). The van der Waals surface area contributed by atoms with E-state index < -0.39 is 5.91 Å². The van der Waals surface area contributed by atoms with Gasteiger partial charge in [0.05, 0.1) is 34.4 Å². The summed E-state index contributed by atoms with van der Waals surface area (Å²) >= 11 is 0. The number of halogens is 1. The van der Waals surface area contributed by atoms with Gasteiger partial charge in [-0.25, -0.2) is 4.39 Å². The minimum absolute atomic E-state index is 0.192. The van der Waals surface area contributed by atoms with Gasteiger partial charge in [0.15, 0.2) is 11.5 Å². The van der Waals surface area contributed by atoms with Crippen molar-refractivity contribution in [3.05, 3.63) is 47.8 Å². The maximum Gasteiger partial charge on any atom is 0.251 e. The Morgan fingerprint density at radius 2 is 1.60 bits per heavy atom. The Balaban J connectivity index is 1.87. The van der Waals surface area contributed by atoms with Crippen LogP contribution in [0.15, 0.2) is 36.4 Å². The molecule has 30 heavy (non-hydrogen) atoms. The molecule has 0 saturated heterocycles. The van der Waals surface area contributed by atoms with Crippen LogP contribution in [0.5, 0.6) is 23.0 Å². The molecule has 8 nitrogen and oxygen atoms in total. The average Bonchev–Trinajstić information content (AvgIpc) is 2.77. The molecule has 162 valence electrons. The van der Waals surface area contributed by atoms with Crippen LogP contribution < -0.4 is 24.3 Å². The van der Waals surface area contributed by atoms with E-state index in [4.69, 9.17) is 18.9 Å². The predicted molar refractivity (Wildman–Crippen MR) is 108 cm³/mol. The Morgan fingerprint density at radius 3 is 2.13 bits per heavy atom. The predicted octanol–water partition coefficient (Wildman–Crippen LogP) is 2.12. The lowest BCUT2D eigenvalue weighted by molar-refractivity contribution is -0.129. The smallest absolute Gasteiger partial charge is 0.251 e. The van der Waals surface area contributed by atoms with Crippen LogP contribution in [0.4, 0.5) is 4.39 Å². The molecular weight excluding hydrogens is 395 g/mol. The Morgan fingerprint density at radius 1 is 1.00 bits per heavy atom. The van der Waals surface area contributed by atoms with Gasteiger partial charge in [0.2, 0.25) is 11.7 Å². The fourth-order valence-electron chi connectivity index (χ4n) is 2.56. The summed E-state index contributed by atoms with van der Waals surface area (Å²) in [6, 6.07) is 8.61. The molecule has 0 atom stereocenters. The largest absolute Gasteiger partial charge is 0.493 e. The number of likely N-dealkylation sites (N-methyl/N-ethyl adjacent to an activating group) is 1. The fraction of sp³-hybridized carbons (Fsp3) is 0.333. The number of benzene rings is 2. The number of nitrogens with zero attached hydrogens (tertiary/aromatic N) is 1. The number of hydrogen-bond donors (Lipinski definition) is 1. The number of rotatable bonds is 10. The molecule has 2 aromatic rings. The van der Waals surface area contributed by atoms with Gasteiger partial charge in [-0.3, -0.25) is 9.59 Å². The van der Waals surface area contributed by atoms with Gasteiger partial charge < -0.3 is 29.2 Å². The lowest BCUT2D eigenvalue weighted by Gasteiger charge is -2.18. The number of carbonyl (C=O) groups excluding carboxylic acids is 2. The van der Waals surface area contributed by atoms with Crippen LogP contribution in [-0.2, 0) is 4.79 Å². The summed E-state index contributed by atoms with van der Waals surface area (Å²) in [5.41, 5.74) is 0.264. The van der Waals surface area contributed by atoms with Crippen LogP contribution in [0.25, 0.3) is 0 Å². The van der Waals surface area contributed by atoms with Crippen molar-refractivity contribution in [1.29, 1.82) is 0 Å². The molecule has 9 heteroatoms. The summed E-state index contributed by atoms with van der Waals surface area (Å²) in [6.45, 7) is 0.341. The lowest BCUT2D eigenvalue weighted by atomic mass is 10.1. The van der Waals surface area contributed by atoms with Gasteiger partial charge in [-0.05, 0) is 36.4 Å². The molecule has 0 spiro atoms. The molecule has 0 bridgehead atoms. The standard InChI is InChI=1S/C21H25FN2O6/c1-24(9-10-30-16-7-5-15(22)6-8-16)19(25)13-23-21(26)14-11-17(27-2)20(29-4)18(12-14)28-3/h5-8,11-12H,9-10,13H2,1-4H3,(H,23,26). The van der Waals surface area contributed by atoms with E-state index in [9.17, 15) is 14.0 Å². The van der Waals surface area contributed by atoms with E-state index in [1.807, 2.05) is 0 Å². The van der Waals surface area contributed by atoms with Gasteiger partial charge in [0.1, 0.15) is 18.2 Å². The van der Waals surface area contributed by atoms with E-state index in [-0.39, 0.29) is 30.4 Å².